The second-order valence-corrected chi connectivity index (χ2v) is 6.48. The minimum Gasteiger partial charge on any atom is -0.497 e. The van der Waals surface area contributed by atoms with Crippen molar-refractivity contribution in [1.29, 1.82) is 0 Å². The van der Waals surface area contributed by atoms with Crippen molar-refractivity contribution in [1.82, 2.24) is 0 Å². The Morgan fingerprint density at radius 1 is 1.10 bits per heavy atom. The Bertz CT molecular complexity index is 436. The van der Waals surface area contributed by atoms with E-state index in [1.165, 1.54) is 25.7 Å². The van der Waals surface area contributed by atoms with E-state index in [1.807, 2.05) is 19.1 Å². The van der Waals surface area contributed by atoms with Gasteiger partial charge >= 0.3 is 0 Å². The van der Waals surface area contributed by atoms with Gasteiger partial charge in [0.25, 0.3) is 0 Å². The van der Waals surface area contributed by atoms with E-state index in [9.17, 15) is 4.79 Å². The van der Waals surface area contributed by atoms with Crippen LogP contribution in [0.5, 0.6) is 0 Å². The van der Waals surface area contributed by atoms with Gasteiger partial charge in [-0.1, -0.05) is 38.5 Å². The lowest BCUT2D eigenvalue weighted by molar-refractivity contribution is -0.124. The maximum Gasteiger partial charge on any atom is 0.171 e. The molecule has 3 heteroatoms. The molecule has 0 unspecified atom stereocenters. The van der Waals surface area contributed by atoms with Gasteiger partial charge in [0, 0.05) is 12.7 Å². The van der Waals surface area contributed by atoms with Crippen LogP contribution in [0.15, 0.2) is 23.5 Å². The molecule has 0 aromatic rings. The first-order chi connectivity index (χ1) is 10.1. The fourth-order valence-electron chi connectivity index (χ4n) is 3.44. The molecule has 2 bridgehead atoms. The zero-order valence-electron chi connectivity index (χ0n) is 13.6. The summed E-state index contributed by atoms with van der Waals surface area (Å²) in [5.41, 5.74) is 0.353. The summed E-state index contributed by atoms with van der Waals surface area (Å²) >= 11 is 0. The van der Waals surface area contributed by atoms with Crippen molar-refractivity contribution < 1.29 is 14.3 Å². The highest BCUT2D eigenvalue weighted by Gasteiger charge is 2.39. The number of allylic oxidation sites excluding steroid dienone is 2. The molecular weight excluding hydrogens is 264 g/mol. The summed E-state index contributed by atoms with van der Waals surface area (Å²) < 4.78 is 11.1. The van der Waals surface area contributed by atoms with Crippen LogP contribution in [0.4, 0.5) is 0 Å². The SMILES string of the molecule is COC1=C[C@@]2(C)CCCCCCCC[C@H](OC)C(=C1)C2=O. The fourth-order valence-corrected chi connectivity index (χ4v) is 3.44. The quantitative estimate of drug-likeness (QED) is 0.766. The van der Waals surface area contributed by atoms with Crippen LogP contribution < -0.4 is 0 Å². The molecule has 0 aromatic heterocycles. The smallest absolute Gasteiger partial charge is 0.171 e. The van der Waals surface area contributed by atoms with E-state index >= 15 is 0 Å². The van der Waals surface area contributed by atoms with Crippen molar-refractivity contribution in [3.05, 3.63) is 23.5 Å². The number of hydrogen-bond donors (Lipinski definition) is 0. The van der Waals surface area contributed by atoms with Gasteiger partial charge in [-0.25, -0.2) is 0 Å². The van der Waals surface area contributed by atoms with Gasteiger partial charge in [0.15, 0.2) is 5.78 Å². The maximum atomic E-state index is 12.9. The van der Waals surface area contributed by atoms with Crippen LogP contribution in [0.1, 0.15) is 58.3 Å². The first-order valence-electron chi connectivity index (χ1n) is 8.17. The molecule has 2 rings (SSSR count). The van der Waals surface area contributed by atoms with Gasteiger partial charge in [-0.15, -0.1) is 0 Å². The van der Waals surface area contributed by atoms with E-state index in [-0.39, 0.29) is 11.9 Å². The first kappa shape index (κ1) is 16.3. The van der Waals surface area contributed by atoms with Crippen molar-refractivity contribution in [3.8, 4) is 0 Å². The number of fused-ring (bicyclic) bond motifs is 2. The Hall–Kier alpha value is -1.09. The van der Waals surface area contributed by atoms with Gasteiger partial charge in [-0.3, -0.25) is 4.79 Å². The highest BCUT2D eigenvalue weighted by atomic mass is 16.5. The van der Waals surface area contributed by atoms with Crippen molar-refractivity contribution in [3.63, 3.8) is 0 Å². The lowest BCUT2D eigenvalue weighted by atomic mass is 9.72. The predicted octanol–water partition coefficient (Wildman–Crippen LogP) is 4.18. The number of rotatable bonds is 2. The molecule has 0 aromatic carbocycles. The summed E-state index contributed by atoms with van der Waals surface area (Å²) in [4.78, 5) is 12.9. The number of ketones is 1. The highest BCUT2D eigenvalue weighted by Crippen LogP contribution is 2.38. The molecule has 2 aliphatic rings. The average molecular weight is 292 g/mol. The van der Waals surface area contributed by atoms with Gasteiger partial charge in [0.05, 0.1) is 18.6 Å². The number of carbonyl (C=O) groups excluding carboxylic acids is 1. The molecule has 1 saturated carbocycles. The molecule has 0 spiro atoms. The van der Waals surface area contributed by atoms with E-state index in [0.717, 1.165) is 37.0 Å². The number of methoxy groups -OCH3 is 2. The zero-order valence-corrected chi connectivity index (χ0v) is 13.6. The Balaban J connectivity index is 2.32. The van der Waals surface area contributed by atoms with Gasteiger partial charge in [0.1, 0.15) is 5.76 Å². The van der Waals surface area contributed by atoms with E-state index in [1.54, 1.807) is 14.2 Å². The molecule has 0 radical (unpaired) electrons. The van der Waals surface area contributed by atoms with E-state index in [0.29, 0.717) is 0 Å². The fraction of sp³-hybridized carbons (Fsp3) is 0.722. The Morgan fingerprint density at radius 3 is 2.43 bits per heavy atom. The lowest BCUT2D eigenvalue weighted by Gasteiger charge is -2.33. The van der Waals surface area contributed by atoms with Crippen LogP contribution in [0.3, 0.4) is 0 Å². The lowest BCUT2D eigenvalue weighted by Crippen LogP contribution is -2.35. The second kappa shape index (κ2) is 7.26. The van der Waals surface area contributed by atoms with Gasteiger partial charge < -0.3 is 9.47 Å². The second-order valence-electron chi connectivity index (χ2n) is 6.48. The predicted molar refractivity (Wildman–Crippen MR) is 84.0 cm³/mol. The summed E-state index contributed by atoms with van der Waals surface area (Å²) in [5, 5.41) is 0. The van der Waals surface area contributed by atoms with E-state index < -0.39 is 5.41 Å². The van der Waals surface area contributed by atoms with Gasteiger partial charge in [-0.2, -0.15) is 0 Å². The topological polar surface area (TPSA) is 35.5 Å². The molecule has 1 fully saturated rings. The number of Topliss-reactive ketones (excluding diaryl/α,β-unsaturated/α-hetero) is 1. The van der Waals surface area contributed by atoms with Crippen LogP contribution in [0, 0.1) is 5.41 Å². The third-order valence-electron chi connectivity index (χ3n) is 4.82. The highest BCUT2D eigenvalue weighted by molar-refractivity contribution is 6.03. The zero-order chi connectivity index (χ0) is 15.3. The van der Waals surface area contributed by atoms with Crippen molar-refractivity contribution >= 4 is 5.78 Å². The molecule has 0 saturated heterocycles. The minimum atomic E-state index is -0.439. The molecule has 2 atom stereocenters. The number of hydrogen-bond acceptors (Lipinski definition) is 3. The molecule has 21 heavy (non-hydrogen) atoms. The summed E-state index contributed by atoms with van der Waals surface area (Å²) in [6.07, 6.45) is 12.8. The molecule has 0 heterocycles. The summed E-state index contributed by atoms with van der Waals surface area (Å²) in [6.45, 7) is 2.04. The third-order valence-corrected chi connectivity index (χ3v) is 4.82. The molecule has 118 valence electrons. The molecule has 3 nitrogen and oxygen atoms in total. The summed E-state index contributed by atoms with van der Waals surface area (Å²) in [5.74, 6) is 1.02. The van der Waals surface area contributed by atoms with E-state index in [2.05, 4.69) is 0 Å². The van der Waals surface area contributed by atoms with E-state index in [4.69, 9.17) is 9.47 Å². The van der Waals surface area contributed by atoms with Crippen molar-refractivity contribution in [2.75, 3.05) is 14.2 Å². The molecule has 0 N–H and O–H groups in total. The first-order valence-corrected chi connectivity index (χ1v) is 8.17. The normalized spacial score (nSPS) is 31.6. The minimum absolute atomic E-state index is 0.102. The largest absolute Gasteiger partial charge is 0.497 e. The third kappa shape index (κ3) is 3.76. The Labute approximate surface area is 128 Å². The summed E-state index contributed by atoms with van der Waals surface area (Å²) in [7, 11) is 3.37. The Morgan fingerprint density at radius 2 is 1.76 bits per heavy atom. The van der Waals surface area contributed by atoms with Crippen LogP contribution in [0.2, 0.25) is 0 Å². The number of carbonyl (C=O) groups is 1. The van der Waals surface area contributed by atoms with Crippen LogP contribution in [-0.2, 0) is 14.3 Å². The van der Waals surface area contributed by atoms with Crippen molar-refractivity contribution in [2.24, 2.45) is 5.41 Å². The molecular formula is C18H28O3. The number of ether oxygens (including phenoxy) is 2. The van der Waals surface area contributed by atoms with Gasteiger partial charge in [0.2, 0.25) is 0 Å². The van der Waals surface area contributed by atoms with Crippen LogP contribution in [0.25, 0.3) is 0 Å². The monoisotopic (exact) mass is 292 g/mol. The molecule has 2 aliphatic carbocycles. The molecule has 0 amide bonds. The average Bonchev–Trinajstić information content (AvgIpc) is 2.48. The van der Waals surface area contributed by atoms with Crippen LogP contribution >= 0.6 is 0 Å². The molecule has 0 aliphatic heterocycles. The summed E-state index contributed by atoms with van der Waals surface area (Å²) in [6, 6.07) is 0. The van der Waals surface area contributed by atoms with Crippen LogP contribution in [-0.4, -0.2) is 26.1 Å². The maximum absolute atomic E-state index is 12.9. The Kier molecular flexibility index (Phi) is 5.63. The van der Waals surface area contributed by atoms with Crippen molar-refractivity contribution in [2.45, 2.75) is 64.4 Å². The standard InChI is InChI=1S/C18H28O3/c1-18-11-9-7-5-4-6-8-10-16(21-3)15(17(18)19)12-14(13-18)20-2/h12-13,16H,4-11H2,1-3H3/t16-,18+/m0/s1. The van der Waals surface area contributed by atoms with Gasteiger partial charge in [-0.05, 0) is 31.9 Å².